The zero-order valence-corrected chi connectivity index (χ0v) is 34.4. The van der Waals surface area contributed by atoms with Gasteiger partial charge in [-0.1, -0.05) is 173 Å². The summed E-state index contributed by atoms with van der Waals surface area (Å²) >= 11 is 0. The summed E-state index contributed by atoms with van der Waals surface area (Å²) in [5.41, 5.74) is 13.8. The predicted octanol–water partition coefficient (Wildman–Crippen LogP) is 16.3. The van der Waals surface area contributed by atoms with Crippen molar-refractivity contribution in [1.29, 1.82) is 0 Å². The molecule has 60 heavy (non-hydrogen) atoms. The van der Waals surface area contributed by atoms with Crippen molar-refractivity contribution in [2.45, 2.75) is 39.5 Å². The number of benzene rings is 9. The van der Waals surface area contributed by atoms with Crippen LogP contribution >= 0.6 is 0 Å². The number of rotatable bonds is 6. The van der Waals surface area contributed by atoms with Gasteiger partial charge in [0.1, 0.15) is 0 Å². The van der Waals surface area contributed by atoms with Gasteiger partial charge in [-0.15, -0.1) is 0 Å². The van der Waals surface area contributed by atoms with Crippen LogP contribution in [0.1, 0.15) is 50.9 Å². The summed E-state index contributed by atoms with van der Waals surface area (Å²) in [6.45, 7) is 8.86. The van der Waals surface area contributed by atoms with Gasteiger partial charge in [0.25, 0.3) is 0 Å². The second-order valence-corrected chi connectivity index (χ2v) is 16.9. The van der Waals surface area contributed by atoms with Crippen molar-refractivity contribution in [2.75, 3.05) is 0 Å². The molecule has 0 saturated heterocycles. The van der Waals surface area contributed by atoms with Crippen LogP contribution in [0.5, 0.6) is 0 Å². The number of hydrogen-bond acceptors (Lipinski definition) is 2. The molecular formula is C58H44N2. The van der Waals surface area contributed by atoms with Gasteiger partial charge in [0.05, 0.1) is 11.0 Å². The lowest BCUT2D eigenvalue weighted by atomic mass is 9.84. The molecule has 0 unspecified atom stereocenters. The van der Waals surface area contributed by atoms with Crippen molar-refractivity contribution in [3.05, 3.63) is 193 Å². The third-order valence-corrected chi connectivity index (χ3v) is 12.5. The van der Waals surface area contributed by atoms with Crippen LogP contribution in [0, 0.1) is 0 Å². The fourth-order valence-corrected chi connectivity index (χ4v) is 9.30. The molecule has 0 amide bonds. The maximum Gasteiger partial charge on any atom is 0.0974 e. The monoisotopic (exact) mass is 768 g/mol. The van der Waals surface area contributed by atoms with Gasteiger partial charge >= 0.3 is 0 Å². The van der Waals surface area contributed by atoms with E-state index in [1.54, 1.807) is 0 Å². The largest absolute Gasteiger partial charge is 0.250 e. The van der Waals surface area contributed by atoms with Crippen LogP contribution < -0.4 is 0 Å². The molecule has 0 aliphatic rings. The van der Waals surface area contributed by atoms with E-state index in [0.29, 0.717) is 5.92 Å². The molecular weight excluding hydrogens is 725 g/mol. The summed E-state index contributed by atoms with van der Waals surface area (Å²) in [6, 6.07) is 67.4. The minimum Gasteiger partial charge on any atom is -0.250 e. The summed E-state index contributed by atoms with van der Waals surface area (Å²) in [4.78, 5) is 10.5. The van der Waals surface area contributed by atoms with Gasteiger partial charge in [-0.2, -0.15) is 0 Å². The molecule has 0 aliphatic heterocycles. The maximum atomic E-state index is 5.27. The average Bonchev–Trinajstić information content (AvgIpc) is 3.29. The minimum atomic E-state index is 0.264. The van der Waals surface area contributed by atoms with Crippen molar-refractivity contribution in [1.82, 2.24) is 9.97 Å². The Kier molecular flexibility index (Phi) is 8.56. The SMILES string of the molecule is CC(C)c1ccc2ccc3c(-c4cccc(-c5ccc6c(-c7ccc8ccccc8c7)c7ccccc7c(-c7ccc8ccccc8c7)c6c5)c4)cc(C(C)C)nc3c2n1. The van der Waals surface area contributed by atoms with E-state index >= 15 is 0 Å². The van der Waals surface area contributed by atoms with Crippen LogP contribution in [0.25, 0.3) is 109 Å². The first kappa shape index (κ1) is 36.0. The van der Waals surface area contributed by atoms with E-state index in [1.807, 2.05) is 0 Å². The molecule has 0 N–H and O–H groups in total. The van der Waals surface area contributed by atoms with Gasteiger partial charge in [-0.05, 0) is 136 Å². The van der Waals surface area contributed by atoms with Crippen LogP contribution in [0.2, 0.25) is 0 Å². The van der Waals surface area contributed by atoms with Gasteiger partial charge in [-0.3, -0.25) is 9.97 Å². The maximum absolute atomic E-state index is 5.27. The zero-order valence-electron chi connectivity index (χ0n) is 34.4. The van der Waals surface area contributed by atoms with E-state index in [1.165, 1.54) is 87.6 Å². The molecule has 0 bridgehead atoms. The van der Waals surface area contributed by atoms with Crippen molar-refractivity contribution in [3.63, 3.8) is 0 Å². The fourth-order valence-electron chi connectivity index (χ4n) is 9.30. The first-order valence-corrected chi connectivity index (χ1v) is 21.2. The second kappa shape index (κ2) is 14.3. The Bertz CT molecular complexity index is 3500. The lowest BCUT2D eigenvalue weighted by Gasteiger charge is -2.19. The molecule has 0 fully saturated rings. The highest BCUT2D eigenvalue weighted by molar-refractivity contribution is 6.22. The van der Waals surface area contributed by atoms with Crippen LogP contribution in [0.4, 0.5) is 0 Å². The van der Waals surface area contributed by atoms with E-state index in [2.05, 4.69) is 210 Å². The Morgan fingerprint density at radius 1 is 0.300 bits per heavy atom. The summed E-state index contributed by atoms with van der Waals surface area (Å²) in [5, 5.41) is 12.2. The predicted molar refractivity (Wildman–Crippen MR) is 257 cm³/mol. The van der Waals surface area contributed by atoms with Crippen molar-refractivity contribution >= 4 is 64.9 Å². The lowest BCUT2D eigenvalue weighted by molar-refractivity contribution is 0.826. The van der Waals surface area contributed by atoms with Crippen molar-refractivity contribution < 1.29 is 0 Å². The van der Waals surface area contributed by atoms with Crippen LogP contribution in [-0.2, 0) is 0 Å². The van der Waals surface area contributed by atoms with Crippen molar-refractivity contribution in [3.8, 4) is 44.5 Å². The Balaban J connectivity index is 1.16. The highest BCUT2D eigenvalue weighted by Gasteiger charge is 2.20. The minimum absolute atomic E-state index is 0.264. The smallest absolute Gasteiger partial charge is 0.0974 e. The van der Waals surface area contributed by atoms with Gasteiger partial charge in [-0.25, -0.2) is 0 Å². The molecule has 0 aliphatic carbocycles. The Morgan fingerprint density at radius 3 is 1.47 bits per heavy atom. The van der Waals surface area contributed by atoms with Crippen LogP contribution in [-0.4, -0.2) is 9.97 Å². The first-order valence-electron chi connectivity index (χ1n) is 21.2. The van der Waals surface area contributed by atoms with Gasteiger partial charge in [0.2, 0.25) is 0 Å². The quantitative estimate of drug-likeness (QED) is 0.124. The average molecular weight is 769 g/mol. The molecule has 11 aromatic rings. The number of fused-ring (bicyclic) bond motifs is 7. The van der Waals surface area contributed by atoms with Crippen LogP contribution in [0.15, 0.2) is 182 Å². The molecule has 2 heterocycles. The van der Waals surface area contributed by atoms with E-state index in [-0.39, 0.29) is 5.92 Å². The Morgan fingerprint density at radius 2 is 0.800 bits per heavy atom. The molecule has 9 aromatic carbocycles. The lowest BCUT2D eigenvalue weighted by Crippen LogP contribution is -1.99. The van der Waals surface area contributed by atoms with E-state index < -0.39 is 0 Å². The second-order valence-electron chi connectivity index (χ2n) is 16.9. The first-order chi connectivity index (χ1) is 29.4. The molecule has 11 rings (SSSR count). The third kappa shape index (κ3) is 6.02. The summed E-state index contributed by atoms with van der Waals surface area (Å²) in [5.74, 6) is 0.597. The summed E-state index contributed by atoms with van der Waals surface area (Å²) in [7, 11) is 0. The van der Waals surface area contributed by atoms with E-state index in [9.17, 15) is 0 Å². The van der Waals surface area contributed by atoms with Gasteiger partial charge in [0.15, 0.2) is 0 Å². The molecule has 0 spiro atoms. The van der Waals surface area contributed by atoms with E-state index in [4.69, 9.17) is 9.97 Å². The van der Waals surface area contributed by atoms with Gasteiger partial charge < -0.3 is 0 Å². The molecule has 286 valence electrons. The summed E-state index contributed by atoms with van der Waals surface area (Å²) < 4.78 is 0. The standard InChI is InChI=1S/C58H44N2/c1-35(2)53-29-26-39-24-28-50-51(34-54(36(3)4)60-58(50)57(39)59-53)44-17-11-16-42(30-44)43-25-27-49-52(33-43)56(46-23-21-38-13-6-8-15-41(38)32-46)48-19-10-9-18-47(48)55(49)45-22-20-37-12-5-7-14-40(37)31-45/h5-36H,1-4H3. The normalized spacial score (nSPS) is 12.0. The molecule has 2 nitrogen and oxygen atoms in total. The van der Waals surface area contributed by atoms with Gasteiger partial charge in [0, 0.05) is 22.2 Å². The Labute approximate surface area is 350 Å². The van der Waals surface area contributed by atoms with Crippen molar-refractivity contribution in [2.24, 2.45) is 0 Å². The van der Waals surface area contributed by atoms with Crippen LogP contribution in [0.3, 0.4) is 0 Å². The third-order valence-electron chi connectivity index (χ3n) is 12.5. The zero-order chi connectivity index (χ0) is 40.5. The molecule has 2 heteroatoms. The number of aromatic nitrogens is 2. The fraction of sp³-hybridized carbons (Fsp3) is 0.103. The summed E-state index contributed by atoms with van der Waals surface area (Å²) in [6.07, 6.45) is 0. The molecule has 0 radical (unpaired) electrons. The number of pyridine rings is 2. The highest BCUT2D eigenvalue weighted by Crippen LogP contribution is 2.46. The molecule has 2 aromatic heterocycles. The topological polar surface area (TPSA) is 25.8 Å². The molecule has 0 saturated carbocycles. The number of nitrogens with zero attached hydrogens (tertiary/aromatic N) is 2. The number of hydrogen-bond donors (Lipinski definition) is 0. The van der Waals surface area contributed by atoms with E-state index in [0.717, 1.165) is 33.2 Å². The Hall–Kier alpha value is -7.16. The highest BCUT2D eigenvalue weighted by atomic mass is 14.8. The molecule has 0 atom stereocenters.